The summed E-state index contributed by atoms with van der Waals surface area (Å²) in [6.07, 6.45) is -16.2. The largest absolute Gasteiger partial charge is 0.479 e. The summed E-state index contributed by atoms with van der Waals surface area (Å²) in [5.41, 5.74) is -13.4. The SMILES string of the molecule is CC(=O)O[C@@H]1C2=C(C)[C@@H](O)C[C@@](O)([C@@H](OC(=O)c3ccccc3)C3[C@@](C)([C@@H](C)C[C@H]4OC[C@@]34OC(C)=O)[C@H]1O)C2(C)C.CC(=O)O[C@@H]1C2=C(C)[C@@H](OC(=O)[C@@H]3OC(C)(C)N(C(=O)OC(C)(C)C)[C@@H]3c3ccccc3)C[C@@](O)([C@@H](OC(=O)c3ccccc3)C3[C@@](C)([C@@H](C)C[C@H]4OC[C@@]34OC(C)=O)[C@H]1O)C2(C)C.CC(C)(C)OC(=O)N1[C@H](c2ccccc2)[C@H](C(=O)O)OC1(C)C. The number of hydrogen-bond donors (Lipinski definition) is 6. The third kappa shape index (κ3) is 17.3. The van der Waals surface area contributed by atoms with Crippen LogP contribution in [0.4, 0.5) is 9.59 Å². The van der Waals surface area contributed by atoms with Crippen molar-refractivity contribution >= 4 is 59.9 Å². The molecule has 8 fully saturated rings. The Morgan fingerprint density at radius 1 is 0.450 bits per heavy atom. The lowest BCUT2D eigenvalue weighted by molar-refractivity contribution is -0.358. The lowest BCUT2D eigenvalue weighted by Crippen LogP contribution is -2.81. The van der Waals surface area contributed by atoms with Gasteiger partial charge in [0.15, 0.2) is 35.6 Å². The minimum Gasteiger partial charge on any atom is -0.479 e. The number of hydrogen-bond acceptors (Lipinski definition) is 28. The Morgan fingerprint density at radius 3 is 1.12 bits per heavy atom. The van der Waals surface area contributed by atoms with Crippen LogP contribution in [0.15, 0.2) is 144 Å². The fourth-order valence-corrected chi connectivity index (χ4v) is 22.6. The molecule has 2 amide bonds. The number of nitrogens with zero attached hydrogens (tertiary/aromatic N) is 2. The number of esters is 7. The summed E-state index contributed by atoms with van der Waals surface area (Å²) in [6.45, 7) is 39.5. The number of aliphatic hydroxyl groups excluding tert-OH is 3. The first-order chi connectivity index (χ1) is 59.8. The van der Waals surface area contributed by atoms with Gasteiger partial charge in [0, 0.05) is 62.2 Å². The van der Waals surface area contributed by atoms with E-state index in [2.05, 4.69) is 0 Å². The summed E-state index contributed by atoms with van der Waals surface area (Å²) in [7, 11) is 0. The molecule has 31 nitrogen and oxygen atoms in total. The van der Waals surface area contributed by atoms with Gasteiger partial charge in [-0.25, -0.2) is 28.8 Å². The monoisotopic (exact) mass is 1800 g/mol. The molecule has 0 spiro atoms. The number of carboxylic acids is 1. The fraction of sp³-hybridized carbons (Fsp3) is 0.612. The van der Waals surface area contributed by atoms with E-state index < -0.39 is 230 Å². The first-order valence-corrected chi connectivity index (χ1v) is 44.1. The van der Waals surface area contributed by atoms with Crippen LogP contribution in [-0.4, -0.2) is 232 Å². The predicted octanol–water partition coefficient (Wildman–Crippen LogP) is 12.3. The highest BCUT2D eigenvalue weighted by Gasteiger charge is 2.80. The molecule has 2 unspecified atom stereocenters. The summed E-state index contributed by atoms with van der Waals surface area (Å²) < 4.78 is 79.1. The molecule has 0 radical (unpaired) electrons. The Labute approximate surface area is 753 Å². The van der Waals surface area contributed by atoms with Crippen molar-refractivity contribution in [3.63, 3.8) is 0 Å². The molecule has 4 heterocycles. The van der Waals surface area contributed by atoms with Gasteiger partial charge in [-0.05, 0) is 165 Å². The summed E-state index contributed by atoms with van der Waals surface area (Å²) in [5, 5.41) is 73.3. The average molecular weight is 1800 g/mol. The van der Waals surface area contributed by atoms with Crippen molar-refractivity contribution in [1.82, 2.24) is 9.80 Å². The Bertz CT molecular complexity index is 5000. The van der Waals surface area contributed by atoms with Gasteiger partial charge in [0.2, 0.25) is 0 Å². The van der Waals surface area contributed by atoms with Gasteiger partial charge >= 0.3 is 59.9 Å². The maximum absolute atomic E-state index is 15.0. The second-order valence-corrected chi connectivity index (χ2v) is 40.9. The maximum Gasteiger partial charge on any atom is 0.413 e. The summed E-state index contributed by atoms with van der Waals surface area (Å²) in [4.78, 5) is 136. The molecule has 14 rings (SSSR count). The lowest BCUT2D eigenvalue weighted by atomic mass is 9.43. The van der Waals surface area contributed by atoms with Crippen LogP contribution in [0, 0.1) is 45.3 Å². The summed E-state index contributed by atoms with van der Waals surface area (Å²) >= 11 is 0. The lowest BCUT2D eigenvalue weighted by Gasteiger charge is -2.69. The van der Waals surface area contributed by atoms with Gasteiger partial charge in [0.05, 0.1) is 42.3 Å². The first-order valence-electron chi connectivity index (χ1n) is 44.1. The minimum atomic E-state index is -2.21. The van der Waals surface area contributed by atoms with E-state index in [0.29, 0.717) is 40.7 Å². The van der Waals surface area contributed by atoms with Gasteiger partial charge in [0.25, 0.3) is 0 Å². The van der Waals surface area contributed by atoms with Crippen molar-refractivity contribution < 1.29 is 140 Å². The summed E-state index contributed by atoms with van der Waals surface area (Å²) in [5.74, 6) is -9.13. The highest BCUT2D eigenvalue weighted by atomic mass is 16.7. The van der Waals surface area contributed by atoms with Crippen LogP contribution < -0.4 is 0 Å². The molecule has 704 valence electrons. The number of benzene rings is 4. The van der Waals surface area contributed by atoms with Gasteiger partial charge in [-0.2, -0.15) is 0 Å². The number of carboxylic acid groups (broad SMARTS) is 1. The molecule has 6 aliphatic carbocycles. The van der Waals surface area contributed by atoms with Gasteiger partial charge in [0.1, 0.15) is 88.7 Å². The van der Waals surface area contributed by atoms with Crippen LogP contribution in [0.3, 0.4) is 0 Å². The number of aliphatic carboxylic acids is 1. The van der Waals surface area contributed by atoms with E-state index in [-0.39, 0.29) is 48.7 Å². The van der Waals surface area contributed by atoms with E-state index >= 15 is 0 Å². The molecule has 4 saturated heterocycles. The van der Waals surface area contributed by atoms with Crippen LogP contribution in [0.5, 0.6) is 0 Å². The second kappa shape index (κ2) is 35.1. The smallest absolute Gasteiger partial charge is 0.413 e. The maximum atomic E-state index is 15.0. The molecule has 0 aromatic heterocycles. The molecule has 4 saturated carbocycles. The number of carbonyl (C=O) groups excluding carboxylic acids is 9. The molecule has 31 heteroatoms. The van der Waals surface area contributed by atoms with Gasteiger partial charge in [-0.1, -0.05) is 152 Å². The quantitative estimate of drug-likeness (QED) is 0.0411. The minimum absolute atomic E-state index is 0.0463. The highest BCUT2D eigenvalue weighted by Crippen LogP contribution is 2.70. The van der Waals surface area contributed by atoms with E-state index in [1.54, 1.807) is 240 Å². The van der Waals surface area contributed by atoms with E-state index in [1.165, 1.54) is 37.5 Å². The van der Waals surface area contributed by atoms with E-state index in [0.717, 1.165) is 0 Å². The molecule has 24 atom stereocenters. The number of amides is 2. The van der Waals surface area contributed by atoms with Crippen molar-refractivity contribution in [2.24, 2.45) is 45.3 Å². The van der Waals surface area contributed by atoms with Gasteiger partial charge in [-0.3, -0.25) is 29.0 Å². The number of fused-ring (bicyclic) bond motifs is 10. The molecule has 10 aliphatic rings. The first kappa shape index (κ1) is 98.3. The van der Waals surface area contributed by atoms with Crippen LogP contribution in [-0.2, 0) is 90.3 Å². The highest BCUT2D eigenvalue weighted by molar-refractivity contribution is 5.90. The van der Waals surface area contributed by atoms with Crippen molar-refractivity contribution in [3.8, 4) is 0 Å². The Morgan fingerprint density at radius 2 is 0.791 bits per heavy atom. The Kier molecular flexibility index (Phi) is 26.8. The zero-order valence-electron chi connectivity index (χ0n) is 78.1. The Hall–Kier alpha value is -9.70. The van der Waals surface area contributed by atoms with Crippen LogP contribution in [0.2, 0.25) is 0 Å². The molecule has 4 aliphatic heterocycles. The van der Waals surface area contributed by atoms with Crippen LogP contribution >= 0.6 is 0 Å². The Balaban J connectivity index is 0.000000197. The second-order valence-electron chi connectivity index (χ2n) is 40.9. The van der Waals surface area contributed by atoms with E-state index in [4.69, 9.17) is 61.6 Å². The number of ether oxygens (including phenoxy) is 13. The third-order valence-electron chi connectivity index (χ3n) is 29.1. The molecule has 6 N–H and O–H groups in total. The van der Waals surface area contributed by atoms with E-state index in [1.807, 2.05) is 19.9 Å². The van der Waals surface area contributed by atoms with E-state index in [9.17, 15) is 78.6 Å². The topological polar surface area (TPSA) is 419 Å². The third-order valence-corrected chi connectivity index (χ3v) is 29.1. The zero-order chi connectivity index (χ0) is 95.5. The molecular weight excluding hydrogens is 1670 g/mol. The van der Waals surface area contributed by atoms with Crippen molar-refractivity contribution in [2.45, 2.75) is 322 Å². The van der Waals surface area contributed by atoms with Crippen LogP contribution in [0.1, 0.15) is 236 Å². The summed E-state index contributed by atoms with van der Waals surface area (Å²) in [6, 6.07) is 32.6. The van der Waals surface area contributed by atoms with Crippen molar-refractivity contribution in [2.75, 3.05) is 13.2 Å². The van der Waals surface area contributed by atoms with Gasteiger partial charge < -0.3 is 92.2 Å². The zero-order valence-corrected chi connectivity index (χ0v) is 78.1. The van der Waals surface area contributed by atoms with Crippen LogP contribution in [0.25, 0.3) is 0 Å². The standard InChI is InChI=1S/C49H63NO14.C32H42O10.C17H23NO5/c1-26-23-33-48(25-58-33,62-29(4)52)38-40(61-41(54)31-21-17-14-18-22-31)49(57)24-32(27(2)34(45(49,8)9)36(59-28(3)51)39(53)47(26,38)12)60-42(55)37-35(30-19-15-13-16-20-30)50(46(10,11)63-37)43(56)64-44(5,6)7;1-16-13-22-31(15-39-22,42-19(4)34)25-27(41-28(37)20-11-9-8-10-12-20)32(38)14-21(35)17(2)23(29(32,5)6)24(40-18(3)33)26(36)30(16,25)7;1-16(2,3)23-15(21)18-12(11-9-7-6-8-10-11)13(14(19)20)22-17(18,4)5/h13-22,26,32-33,35-40,53,57H,23-25H2,1-12H3;8-12,16,21-22,24-27,35-36,38H,13-15H2,1-7H3;6-10,12-13H,1-5H3,(H,19,20)/t26-,32-,33+,35+,36+,37+,38?,39-,40-,47+,48-,49+;16-,21-,22+,24+,25?,26-,27-,30+,31-,32+;12-,13-/m001/s1. The average Bonchev–Trinajstić information content (AvgIpc) is 0.964. The molecular formula is C98H128N2O29. The molecule has 4 aromatic rings. The molecule has 4 bridgehead atoms. The molecule has 4 aromatic carbocycles. The fourth-order valence-electron chi connectivity index (χ4n) is 22.6. The normalized spacial score (nSPS) is 35.9. The van der Waals surface area contributed by atoms with Crippen molar-refractivity contribution in [3.05, 3.63) is 166 Å². The number of rotatable bonds is 13. The van der Waals surface area contributed by atoms with Gasteiger partial charge in [-0.15, -0.1) is 0 Å². The predicted molar refractivity (Wildman–Crippen MR) is 462 cm³/mol. The van der Waals surface area contributed by atoms with Crippen molar-refractivity contribution in [1.29, 1.82) is 0 Å². The number of carbonyl (C=O) groups is 10. The number of aliphatic hydroxyl groups is 5. The molecule has 129 heavy (non-hydrogen) atoms.